The summed E-state index contributed by atoms with van der Waals surface area (Å²) in [4.78, 5) is 16.4. The SMILES string of the molecule is O=C1OC(=Cc2ccc3ccc(Cl)cc3n2)c2ccccc21. The van der Waals surface area contributed by atoms with Gasteiger partial charge >= 0.3 is 5.97 Å². The fourth-order valence-corrected chi connectivity index (χ4v) is 2.68. The average Bonchev–Trinajstić information content (AvgIpc) is 2.84. The number of carbonyl (C=O) groups excluding carboxylic acids is 1. The minimum atomic E-state index is -0.328. The molecule has 2 aromatic carbocycles. The van der Waals surface area contributed by atoms with E-state index in [1.165, 1.54) is 0 Å². The van der Waals surface area contributed by atoms with Crippen LogP contribution in [0.2, 0.25) is 5.02 Å². The minimum Gasteiger partial charge on any atom is -0.422 e. The van der Waals surface area contributed by atoms with Gasteiger partial charge in [-0.15, -0.1) is 0 Å². The summed E-state index contributed by atoms with van der Waals surface area (Å²) >= 11 is 6.00. The van der Waals surface area contributed by atoms with E-state index in [0.29, 0.717) is 22.0 Å². The normalized spacial score (nSPS) is 15.1. The van der Waals surface area contributed by atoms with Gasteiger partial charge in [0.15, 0.2) is 0 Å². The second kappa shape index (κ2) is 4.97. The Morgan fingerprint density at radius 2 is 1.77 bits per heavy atom. The molecule has 0 fully saturated rings. The number of esters is 1. The molecular formula is C18H10ClNO2. The molecule has 0 radical (unpaired) electrons. The largest absolute Gasteiger partial charge is 0.422 e. The van der Waals surface area contributed by atoms with Gasteiger partial charge < -0.3 is 4.74 Å². The van der Waals surface area contributed by atoms with Crippen molar-refractivity contribution in [1.29, 1.82) is 0 Å². The van der Waals surface area contributed by atoms with Crippen LogP contribution in [0.4, 0.5) is 0 Å². The Balaban J connectivity index is 1.82. The monoisotopic (exact) mass is 307 g/mol. The number of hydrogen-bond donors (Lipinski definition) is 0. The van der Waals surface area contributed by atoms with E-state index in [0.717, 1.165) is 16.5 Å². The van der Waals surface area contributed by atoms with Gasteiger partial charge in [0, 0.05) is 22.0 Å². The minimum absolute atomic E-state index is 0.328. The van der Waals surface area contributed by atoms with Crippen LogP contribution in [0.1, 0.15) is 21.6 Å². The van der Waals surface area contributed by atoms with E-state index < -0.39 is 0 Å². The number of nitrogens with zero attached hydrogens (tertiary/aromatic N) is 1. The van der Waals surface area contributed by atoms with E-state index >= 15 is 0 Å². The highest BCUT2D eigenvalue weighted by Gasteiger charge is 2.25. The van der Waals surface area contributed by atoms with Crippen molar-refractivity contribution < 1.29 is 9.53 Å². The summed E-state index contributed by atoms with van der Waals surface area (Å²) in [7, 11) is 0. The second-order valence-corrected chi connectivity index (χ2v) is 5.45. The number of pyridine rings is 1. The molecule has 0 saturated carbocycles. The van der Waals surface area contributed by atoms with Crippen LogP contribution >= 0.6 is 11.6 Å². The topological polar surface area (TPSA) is 39.2 Å². The molecule has 1 aliphatic heterocycles. The molecule has 3 aromatic rings. The van der Waals surface area contributed by atoms with Gasteiger partial charge in [0.1, 0.15) is 5.76 Å². The molecule has 1 aromatic heterocycles. The summed E-state index contributed by atoms with van der Waals surface area (Å²) in [5, 5.41) is 1.65. The van der Waals surface area contributed by atoms with Gasteiger partial charge in [-0.1, -0.05) is 41.9 Å². The maximum atomic E-state index is 11.8. The summed E-state index contributed by atoms with van der Waals surface area (Å²) < 4.78 is 5.33. The summed E-state index contributed by atoms with van der Waals surface area (Å²) in [6.45, 7) is 0. The van der Waals surface area contributed by atoms with Crippen molar-refractivity contribution >= 4 is 40.3 Å². The maximum Gasteiger partial charge on any atom is 0.344 e. The highest BCUT2D eigenvalue weighted by atomic mass is 35.5. The third-order valence-corrected chi connectivity index (χ3v) is 3.80. The lowest BCUT2D eigenvalue weighted by Gasteiger charge is -2.02. The molecular weight excluding hydrogens is 298 g/mol. The van der Waals surface area contributed by atoms with Crippen LogP contribution in [-0.4, -0.2) is 11.0 Å². The molecule has 0 unspecified atom stereocenters. The van der Waals surface area contributed by atoms with Crippen molar-refractivity contribution in [3.63, 3.8) is 0 Å². The predicted molar refractivity (Wildman–Crippen MR) is 86.5 cm³/mol. The first-order valence-corrected chi connectivity index (χ1v) is 7.18. The Kier molecular flexibility index (Phi) is 2.94. The summed E-state index contributed by atoms with van der Waals surface area (Å²) in [5.74, 6) is 0.195. The third-order valence-electron chi connectivity index (χ3n) is 3.57. The Bertz CT molecular complexity index is 947. The van der Waals surface area contributed by atoms with Gasteiger partial charge in [0.05, 0.1) is 16.8 Å². The second-order valence-electron chi connectivity index (χ2n) is 5.02. The number of rotatable bonds is 1. The molecule has 0 spiro atoms. The van der Waals surface area contributed by atoms with Crippen LogP contribution in [0.5, 0.6) is 0 Å². The highest BCUT2D eigenvalue weighted by molar-refractivity contribution is 6.31. The van der Waals surface area contributed by atoms with E-state index in [-0.39, 0.29) is 5.97 Å². The van der Waals surface area contributed by atoms with Crippen LogP contribution in [-0.2, 0) is 4.74 Å². The van der Waals surface area contributed by atoms with Crippen LogP contribution in [0.15, 0.2) is 54.6 Å². The summed E-state index contributed by atoms with van der Waals surface area (Å²) in [6, 6.07) is 16.7. The smallest absolute Gasteiger partial charge is 0.344 e. The molecule has 0 atom stereocenters. The van der Waals surface area contributed by atoms with E-state index in [1.54, 1.807) is 12.1 Å². The highest BCUT2D eigenvalue weighted by Crippen LogP contribution is 2.31. The first-order chi connectivity index (χ1) is 10.7. The molecule has 22 heavy (non-hydrogen) atoms. The molecule has 0 amide bonds. The Labute approximate surface area is 131 Å². The van der Waals surface area contributed by atoms with Crippen LogP contribution < -0.4 is 0 Å². The molecule has 0 bridgehead atoms. The number of halogens is 1. The number of aromatic nitrogens is 1. The lowest BCUT2D eigenvalue weighted by molar-refractivity contribution is 0.0717. The van der Waals surface area contributed by atoms with Gasteiger partial charge in [-0.05, 0) is 24.3 Å². The number of carbonyl (C=O) groups is 1. The molecule has 106 valence electrons. The Hall–Kier alpha value is -2.65. The van der Waals surface area contributed by atoms with E-state index in [9.17, 15) is 4.79 Å². The number of ether oxygens (including phenoxy) is 1. The Morgan fingerprint density at radius 1 is 1.00 bits per heavy atom. The Morgan fingerprint density at radius 3 is 2.64 bits per heavy atom. The van der Waals surface area contributed by atoms with Crippen molar-refractivity contribution in [2.75, 3.05) is 0 Å². The number of cyclic esters (lactones) is 1. The van der Waals surface area contributed by atoms with Crippen molar-refractivity contribution in [2.24, 2.45) is 0 Å². The third kappa shape index (κ3) is 2.16. The fourth-order valence-electron chi connectivity index (χ4n) is 2.51. The molecule has 0 N–H and O–H groups in total. The standard InChI is InChI=1S/C18H10ClNO2/c19-12-7-5-11-6-8-13(20-16(11)9-12)10-17-14-3-1-2-4-15(14)18(21)22-17/h1-10H. The van der Waals surface area contributed by atoms with Gasteiger partial charge in [-0.2, -0.15) is 0 Å². The lowest BCUT2D eigenvalue weighted by Crippen LogP contribution is -1.92. The molecule has 0 saturated heterocycles. The number of hydrogen-bond acceptors (Lipinski definition) is 3. The molecule has 4 rings (SSSR count). The van der Waals surface area contributed by atoms with E-state index in [4.69, 9.17) is 16.3 Å². The zero-order valence-electron chi connectivity index (χ0n) is 11.4. The van der Waals surface area contributed by atoms with Gasteiger partial charge in [-0.3, -0.25) is 0 Å². The van der Waals surface area contributed by atoms with Crippen molar-refractivity contribution in [3.05, 3.63) is 76.4 Å². The first kappa shape index (κ1) is 13.0. The van der Waals surface area contributed by atoms with E-state index in [1.807, 2.05) is 48.5 Å². The van der Waals surface area contributed by atoms with Crippen molar-refractivity contribution in [1.82, 2.24) is 4.98 Å². The van der Waals surface area contributed by atoms with Gasteiger partial charge in [0.25, 0.3) is 0 Å². The van der Waals surface area contributed by atoms with E-state index in [2.05, 4.69) is 4.98 Å². The van der Waals surface area contributed by atoms with Gasteiger partial charge in [0.2, 0.25) is 0 Å². The average molecular weight is 308 g/mol. The van der Waals surface area contributed by atoms with Crippen LogP contribution in [0, 0.1) is 0 Å². The molecule has 2 heterocycles. The van der Waals surface area contributed by atoms with Gasteiger partial charge in [-0.25, -0.2) is 9.78 Å². The van der Waals surface area contributed by atoms with Crippen molar-refractivity contribution in [2.45, 2.75) is 0 Å². The molecule has 4 heteroatoms. The van der Waals surface area contributed by atoms with Crippen molar-refractivity contribution in [3.8, 4) is 0 Å². The maximum absolute atomic E-state index is 11.8. The van der Waals surface area contributed by atoms with Crippen LogP contribution in [0.3, 0.4) is 0 Å². The van der Waals surface area contributed by atoms with Crippen LogP contribution in [0.25, 0.3) is 22.7 Å². The molecule has 0 aliphatic carbocycles. The quantitative estimate of drug-likeness (QED) is 0.619. The lowest BCUT2D eigenvalue weighted by atomic mass is 10.1. The summed E-state index contributed by atoms with van der Waals surface area (Å²) in [5.41, 5.74) is 2.90. The predicted octanol–water partition coefficient (Wildman–Crippen LogP) is 4.56. The zero-order valence-corrected chi connectivity index (χ0v) is 12.2. The zero-order chi connectivity index (χ0) is 15.1. The molecule has 1 aliphatic rings. The fraction of sp³-hybridized carbons (Fsp3) is 0. The number of fused-ring (bicyclic) bond motifs is 2. The number of benzene rings is 2. The molecule has 3 nitrogen and oxygen atoms in total. The summed E-state index contributed by atoms with van der Waals surface area (Å²) in [6.07, 6.45) is 1.77. The first-order valence-electron chi connectivity index (χ1n) is 6.80.